The van der Waals surface area contributed by atoms with E-state index in [1.54, 1.807) is 6.92 Å². The number of ether oxygens (including phenoxy) is 2. The van der Waals surface area contributed by atoms with Crippen LogP contribution in [0.1, 0.15) is 13.3 Å². The largest absolute Gasteiger partial charge is 0.466 e. The van der Waals surface area contributed by atoms with Gasteiger partial charge in [0, 0.05) is 13.6 Å². The van der Waals surface area contributed by atoms with E-state index in [0.717, 1.165) is 0 Å². The van der Waals surface area contributed by atoms with Gasteiger partial charge in [-0.25, -0.2) is 4.79 Å². The molecule has 0 aliphatic rings. The zero-order valence-electron chi connectivity index (χ0n) is 9.06. The van der Waals surface area contributed by atoms with Gasteiger partial charge in [-0.2, -0.15) is 0 Å². The average molecular weight is 219 g/mol. The summed E-state index contributed by atoms with van der Waals surface area (Å²) in [6.07, 6.45) is -0.424. The van der Waals surface area contributed by atoms with Gasteiger partial charge in [0.25, 0.3) is 0 Å². The van der Waals surface area contributed by atoms with Gasteiger partial charge in [0.1, 0.15) is 6.61 Å². The molecule has 15 heavy (non-hydrogen) atoms. The molecule has 0 saturated heterocycles. The van der Waals surface area contributed by atoms with E-state index < -0.39 is 6.09 Å². The highest BCUT2D eigenvalue weighted by molar-refractivity contribution is 5.71. The quantitative estimate of drug-likeness (QED) is 0.636. The van der Waals surface area contributed by atoms with Gasteiger partial charge in [-0.1, -0.05) is 0 Å². The molecule has 6 nitrogen and oxygen atoms in total. The molecule has 0 radical (unpaired) electrons. The first-order chi connectivity index (χ1) is 7.11. The summed E-state index contributed by atoms with van der Waals surface area (Å²) in [6.45, 7) is 2.04. The van der Waals surface area contributed by atoms with Crippen molar-refractivity contribution in [3.63, 3.8) is 0 Å². The zero-order valence-corrected chi connectivity index (χ0v) is 9.06. The number of carbonyl (C=O) groups is 2. The van der Waals surface area contributed by atoms with Crippen molar-refractivity contribution in [2.24, 2.45) is 0 Å². The molecule has 0 aromatic heterocycles. The molecule has 0 fully saturated rings. The number of esters is 1. The minimum Gasteiger partial charge on any atom is -0.466 e. The lowest BCUT2D eigenvalue weighted by Crippen LogP contribution is -2.30. The molecule has 0 unspecified atom stereocenters. The lowest BCUT2D eigenvalue weighted by atomic mass is 10.4. The van der Waals surface area contributed by atoms with Gasteiger partial charge in [0.2, 0.25) is 0 Å². The van der Waals surface area contributed by atoms with E-state index in [-0.39, 0.29) is 32.1 Å². The molecular weight excluding hydrogens is 202 g/mol. The lowest BCUT2D eigenvalue weighted by molar-refractivity contribution is -0.143. The number of aliphatic hydroxyl groups is 1. The number of hydrogen-bond acceptors (Lipinski definition) is 5. The van der Waals surface area contributed by atoms with Gasteiger partial charge >= 0.3 is 12.1 Å². The Hall–Kier alpha value is -1.30. The maximum atomic E-state index is 11.1. The van der Waals surface area contributed by atoms with Crippen LogP contribution in [0.25, 0.3) is 0 Å². The van der Waals surface area contributed by atoms with Crippen LogP contribution in [0.5, 0.6) is 0 Å². The molecule has 0 aliphatic heterocycles. The van der Waals surface area contributed by atoms with Crippen molar-refractivity contribution in [2.75, 3.05) is 33.4 Å². The summed E-state index contributed by atoms with van der Waals surface area (Å²) in [5.41, 5.74) is 0. The van der Waals surface area contributed by atoms with E-state index in [2.05, 4.69) is 4.74 Å². The summed E-state index contributed by atoms with van der Waals surface area (Å²) in [6, 6.07) is 0. The Labute approximate surface area is 88.8 Å². The van der Waals surface area contributed by atoms with Gasteiger partial charge in [-0.3, -0.25) is 4.79 Å². The second kappa shape index (κ2) is 8.05. The minimum atomic E-state index is -0.562. The highest BCUT2D eigenvalue weighted by Gasteiger charge is 2.11. The molecule has 6 heteroatoms. The van der Waals surface area contributed by atoms with Crippen LogP contribution in [-0.2, 0) is 14.3 Å². The third-order valence-electron chi connectivity index (χ3n) is 1.59. The molecule has 0 bridgehead atoms. The summed E-state index contributed by atoms with van der Waals surface area (Å²) in [5, 5.41) is 8.42. The number of amides is 1. The summed E-state index contributed by atoms with van der Waals surface area (Å²) in [4.78, 5) is 23.3. The van der Waals surface area contributed by atoms with Crippen LogP contribution in [0.2, 0.25) is 0 Å². The van der Waals surface area contributed by atoms with E-state index in [1.807, 2.05) is 0 Å². The first-order valence-corrected chi connectivity index (χ1v) is 4.76. The molecular formula is C9H17NO5. The predicted molar refractivity (Wildman–Crippen MR) is 52.3 cm³/mol. The van der Waals surface area contributed by atoms with Crippen molar-refractivity contribution in [2.45, 2.75) is 13.3 Å². The van der Waals surface area contributed by atoms with Crippen molar-refractivity contribution in [1.29, 1.82) is 0 Å². The Morgan fingerprint density at radius 1 is 1.33 bits per heavy atom. The highest BCUT2D eigenvalue weighted by Crippen LogP contribution is 1.94. The predicted octanol–water partition coefficient (Wildman–Crippen LogP) is 0.000300. The number of carbonyl (C=O) groups excluding carboxylic acids is 2. The SMILES string of the molecule is CCOC(=O)CCN(C)C(=O)OCCO. The molecule has 0 rings (SSSR count). The molecule has 1 amide bonds. The normalized spacial score (nSPS) is 9.53. The summed E-state index contributed by atoms with van der Waals surface area (Å²) >= 11 is 0. The van der Waals surface area contributed by atoms with E-state index in [1.165, 1.54) is 11.9 Å². The Kier molecular flexibility index (Phi) is 7.35. The van der Waals surface area contributed by atoms with Crippen LogP contribution < -0.4 is 0 Å². The minimum absolute atomic E-state index is 0.0391. The van der Waals surface area contributed by atoms with Crippen LogP contribution in [0.3, 0.4) is 0 Å². The van der Waals surface area contributed by atoms with Crippen molar-refractivity contribution >= 4 is 12.1 Å². The fraction of sp³-hybridized carbons (Fsp3) is 0.778. The maximum absolute atomic E-state index is 11.1. The van der Waals surface area contributed by atoms with E-state index >= 15 is 0 Å². The number of hydrogen-bond donors (Lipinski definition) is 1. The van der Waals surface area contributed by atoms with Crippen molar-refractivity contribution in [3.05, 3.63) is 0 Å². The van der Waals surface area contributed by atoms with Gasteiger partial charge < -0.3 is 19.5 Å². The first-order valence-electron chi connectivity index (χ1n) is 4.76. The molecule has 0 aromatic rings. The second-order valence-electron chi connectivity index (χ2n) is 2.81. The van der Waals surface area contributed by atoms with Gasteiger partial charge in [0.05, 0.1) is 19.6 Å². The van der Waals surface area contributed by atoms with Crippen LogP contribution in [0.4, 0.5) is 4.79 Å². The van der Waals surface area contributed by atoms with Gasteiger partial charge in [0.15, 0.2) is 0 Å². The first kappa shape index (κ1) is 13.7. The lowest BCUT2D eigenvalue weighted by Gasteiger charge is -2.15. The molecule has 0 aliphatic carbocycles. The van der Waals surface area contributed by atoms with E-state index in [4.69, 9.17) is 9.84 Å². The Morgan fingerprint density at radius 2 is 2.00 bits per heavy atom. The Morgan fingerprint density at radius 3 is 2.53 bits per heavy atom. The molecule has 0 aromatic carbocycles. The zero-order chi connectivity index (χ0) is 11.7. The van der Waals surface area contributed by atoms with E-state index in [9.17, 15) is 9.59 Å². The van der Waals surface area contributed by atoms with E-state index in [0.29, 0.717) is 6.61 Å². The Balaban J connectivity index is 3.67. The summed E-state index contributed by atoms with van der Waals surface area (Å²) in [5.74, 6) is -0.348. The number of rotatable bonds is 6. The third kappa shape index (κ3) is 6.73. The Bertz CT molecular complexity index is 207. The van der Waals surface area contributed by atoms with Crippen molar-refractivity contribution in [3.8, 4) is 0 Å². The molecule has 88 valence electrons. The molecule has 0 heterocycles. The van der Waals surface area contributed by atoms with Crippen molar-refractivity contribution < 1.29 is 24.2 Å². The molecule has 0 atom stereocenters. The average Bonchev–Trinajstić information content (AvgIpc) is 2.22. The van der Waals surface area contributed by atoms with Crippen LogP contribution in [-0.4, -0.2) is 55.5 Å². The van der Waals surface area contributed by atoms with Gasteiger partial charge in [-0.05, 0) is 6.92 Å². The monoisotopic (exact) mass is 219 g/mol. The fourth-order valence-corrected chi connectivity index (χ4v) is 0.827. The smallest absolute Gasteiger partial charge is 0.409 e. The molecule has 1 N–H and O–H groups in total. The summed E-state index contributed by atoms with van der Waals surface area (Å²) < 4.78 is 9.33. The second-order valence-corrected chi connectivity index (χ2v) is 2.81. The van der Waals surface area contributed by atoms with Gasteiger partial charge in [-0.15, -0.1) is 0 Å². The number of nitrogens with zero attached hydrogens (tertiary/aromatic N) is 1. The van der Waals surface area contributed by atoms with Crippen molar-refractivity contribution in [1.82, 2.24) is 4.90 Å². The molecule has 0 spiro atoms. The standard InChI is InChI=1S/C9H17NO5/c1-3-14-8(12)4-5-10(2)9(13)15-7-6-11/h11H,3-7H2,1-2H3. The van der Waals surface area contributed by atoms with Crippen LogP contribution >= 0.6 is 0 Å². The van der Waals surface area contributed by atoms with Crippen LogP contribution in [0, 0.1) is 0 Å². The third-order valence-corrected chi connectivity index (χ3v) is 1.59. The highest BCUT2D eigenvalue weighted by atomic mass is 16.6. The fourth-order valence-electron chi connectivity index (χ4n) is 0.827. The maximum Gasteiger partial charge on any atom is 0.409 e. The topological polar surface area (TPSA) is 76.1 Å². The summed E-state index contributed by atoms with van der Waals surface area (Å²) in [7, 11) is 1.51. The van der Waals surface area contributed by atoms with Crippen LogP contribution in [0.15, 0.2) is 0 Å². The number of aliphatic hydroxyl groups excluding tert-OH is 1. The molecule has 0 saturated carbocycles.